The van der Waals surface area contributed by atoms with Gasteiger partial charge in [-0.1, -0.05) is 0 Å². The third-order valence-corrected chi connectivity index (χ3v) is 3.64. The normalized spacial score (nSPS) is 12.1. The van der Waals surface area contributed by atoms with Gasteiger partial charge in [0.25, 0.3) is 0 Å². The summed E-state index contributed by atoms with van der Waals surface area (Å²) in [5, 5.41) is 4.99. The molecule has 0 spiro atoms. The highest BCUT2D eigenvalue weighted by atomic mass is 32.1. The smallest absolute Gasteiger partial charge is 0.211 e. The largest absolute Gasteiger partial charge is 0.390 e. The molecule has 0 aliphatic heterocycles. The van der Waals surface area contributed by atoms with E-state index >= 15 is 0 Å². The number of thiophene rings is 1. The van der Waals surface area contributed by atoms with Crippen molar-refractivity contribution in [3.8, 4) is 11.1 Å². The number of benzene rings is 1. The van der Waals surface area contributed by atoms with Crippen molar-refractivity contribution in [1.82, 2.24) is 0 Å². The predicted octanol–water partition coefficient (Wildman–Crippen LogP) is 2.11. The molecule has 0 saturated heterocycles. The van der Waals surface area contributed by atoms with Crippen LogP contribution in [-0.2, 0) is 4.79 Å². The number of nitrogens with two attached hydrogens (primary N) is 1. The fourth-order valence-electron chi connectivity index (χ4n) is 2.06. The molecule has 1 aromatic carbocycles. The Bertz CT molecular complexity index is 646. The van der Waals surface area contributed by atoms with Crippen molar-refractivity contribution < 1.29 is 9.59 Å². The van der Waals surface area contributed by atoms with Gasteiger partial charge >= 0.3 is 0 Å². The van der Waals surface area contributed by atoms with E-state index in [1.54, 1.807) is 18.2 Å². The lowest BCUT2D eigenvalue weighted by Crippen LogP contribution is -1.98. The summed E-state index contributed by atoms with van der Waals surface area (Å²) >= 11 is 1.36. The topological polar surface area (TPSA) is 72.2 Å². The molecule has 3 rings (SSSR count). The summed E-state index contributed by atoms with van der Waals surface area (Å²) in [5.41, 5.74) is 9.39. The highest BCUT2D eigenvalue weighted by molar-refractivity contribution is 7.15. The van der Waals surface area contributed by atoms with Crippen molar-refractivity contribution in [1.29, 1.82) is 0 Å². The van der Waals surface area contributed by atoms with E-state index in [1.807, 2.05) is 5.38 Å². The first-order chi connectivity index (χ1) is 8.22. The lowest BCUT2D eigenvalue weighted by Gasteiger charge is -2.02. The second kappa shape index (κ2) is 3.43. The summed E-state index contributed by atoms with van der Waals surface area (Å²) in [6.45, 7) is 0. The quantitative estimate of drug-likeness (QED) is 0.678. The first kappa shape index (κ1) is 10.0. The van der Waals surface area contributed by atoms with Gasteiger partial charge in [-0.15, -0.1) is 11.3 Å². The summed E-state index contributed by atoms with van der Waals surface area (Å²) in [4.78, 5) is 22.5. The summed E-state index contributed by atoms with van der Waals surface area (Å²) in [7, 11) is 0. The number of carbonyl (C=O) groups excluding carboxylic acids is 2. The highest BCUT2D eigenvalue weighted by Gasteiger charge is 2.30. The maximum atomic E-state index is 12.1. The van der Waals surface area contributed by atoms with E-state index in [0.717, 1.165) is 11.1 Å². The fraction of sp³-hybridized carbons (Fsp3) is 0. The predicted molar refractivity (Wildman–Crippen MR) is 67.3 cm³/mol. The number of amides is 1. The molecule has 1 amide bonds. The number of hydrogen-bond acceptors (Lipinski definition) is 4. The molecule has 0 radical (unpaired) electrons. The molecule has 0 unspecified atom stereocenters. The van der Waals surface area contributed by atoms with E-state index in [1.165, 1.54) is 11.3 Å². The molecular weight excluding hydrogens is 236 g/mol. The van der Waals surface area contributed by atoms with Crippen molar-refractivity contribution in [3.63, 3.8) is 0 Å². The summed E-state index contributed by atoms with van der Waals surface area (Å²) < 4.78 is 0. The van der Waals surface area contributed by atoms with Crippen LogP contribution in [0.1, 0.15) is 15.9 Å². The van der Waals surface area contributed by atoms with Crippen LogP contribution >= 0.6 is 11.3 Å². The van der Waals surface area contributed by atoms with E-state index in [4.69, 9.17) is 5.73 Å². The molecule has 4 nitrogen and oxygen atoms in total. The van der Waals surface area contributed by atoms with Crippen LogP contribution in [0, 0.1) is 0 Å². The summed E-state index contributed by atoms with van der Waals surface area (Å²) in [6, 6.07) is 5.21. The number of nitrogens with one attached hydrogen (secondary N) is 1. The Morgan fingerprint density at radius 2 is 2.06 bits per heavy atom. The average molecular weight is 244 g/mol. The zero-order valence-corrected chi connectivity index (χ0v) is 9.51. The molecule has 3 N–H and O–H groups in total. The van der Waals surface area contributed by atoms with Gasteiger partial charge in [0.15, 0.2) is 5.78 Å². The van der Waals surface area contributed by atoms with Crippen molar-refractivity contribution in [2.45, 2.75) is 0 Å². The molecule has 1 aromatic heterocycles. The Labute approximate surface area is 101 Å². The number of nitrogen functional groups attached to an aromatic ring is 1. The van der Waals surface area contributed by atoms with Crippen LogP contribution in [-0.4, -0.2) is 12.2 Å². The van der Waals surface area contributed by atoms with Crippen LogP contribution in [0.3, 0.4) is 0 Å². The molecule has 1 heterocycles. The van der Waals surface area contributed by atoms with E-state index < -0.39 is 0 Å². The van der Waals surface area contributed by atoms with Crippen molar-refractivity contribution >= 4 is 34.2 Å². The van der Waals surface area contributed by atoms with E-state index in [-0.39, 0.29) is 5.78 Å². The SMILES string of the molecule is Nc1scc2c1C(=O)c1ccc(NC=O)cc1-2. The lowest BCUT2D eigenvalue weighted by molar-refractivity contribution is -0.105. The zero-order valence-electron chi connectivity index (χ0n) is 8.69. The summed E-state index contributed by atoms with van der Waals surface area (Å²) in [5.74, 6) is -0.0357. The second-order valence-corrected chi connectivity index (χ2v) is 4.65. The van der Waals surface area contributed by atoms with Crippen LogP contribution in [0.25, 0.3) is 11.1 Å². The van der Waals surface area contributed by atoms with Crippen LogP contribution < -0.4 is 11.1 Å². The highest BCUT2D eigenvalue weighted by Crippen LogP contribution is 2.43. The Hall–Kier alpha value is -2.14. The Morgan fingerprint density at radius 3 is 2.82 bits per heavy atom. The Kier molecular flexibility index (Phi) is 2.02. The van der Waals surface area contributed by atoms with Gasteiger partial charge < -0.3 is 11.1 Å². The number of carbonyl (C=O) groups is 2. The molecular formula is C12H8N2O2S. The third-order valence-electron chi connectivity index (χ3n) is 2.83. The molecule has 84 valence electrons. The molecule has 2 aromatic rings. The third kappa shape index (κ3) is 1.29. The lowest BCUT2D eigenvalue weighted by atomic mass is 10.1. The van der Waals surface area contributed by atoms with Crippen molar-refractivity contribution in [3.05, 3.63) is 34.7 Å². The van der Waals surface area contributed by atoms with Gasteiger partial charge in [-0.25, -0.2) is 0 Å². The molecule has 1 aliphatic rings. The first-order valence-electron chi connectivity index (χ1n) is 4.98. The number of rotatable bonds is 2. The minimum absolute atomic E-state index is 0.0357. The minimum atomic E-state index is -0.0357. The van der Waals surface area contributed by atoms with Gasteiger partial charge in [-0.3, -0.25) is 9.59 Å². The average Bonchev–Trinajstić information content (AvgIpc) is 2.82. The zero-order chi connectivity index (χ0) is 12.0. The molecule has 0 saturated carbocycles. The van der Waals surface area contributed by atoms with Gasteiger partial charge in [0, 0.05) is 22.2 Å². The number of fused-ring (bicyclic) bond motifs is 3. The number of hydrogen-bond donors (Lipinski definition) is 2. The van der Waals surface area contributed by atoms with E-state index in [9.17, 15) is 9.59 Å². The number of ketones is 1. The van der Waals surface area contributed by atoms with Crippen LogP contribution in [0.4, 0.5) is 10.7 Å². The molecule has 0 bridgehead atoms. The summed E-state index contributed by atoms with van der Waals surface area (Å²) in [6.07, 6.45) is 0.612. The first-order valence-corrected chi connectivity index (χ1v) is 5.86. The molecule has 5 heteroatoms. The van der Waals surface area contributed by atoms with Gasteiger partial charge in [-0.2, -0.15) is 0 Å². The van der Waals surface area contributed by atoms with Gasteiger partial charge in [0.05, 0.1) is 10.6 Å². The van der Waals surface area contributed by atoms with Crippen molar-refractivity contribution in [2.75, 3.05) is 11.1 Å². The Balaban J connectivity index is 2.23. The van der Waals surface area contributed by atoms with E-state index in [2.05, 4.69) is 5.32 Å². The molecule has 1 aliphatic carbocycles. The maximum absolute atomic E-state index is 12.1. The van der Waals surface area contributed by atoms with E-state index in [0.29, 0.717) is 28.2 Å². The second-order valence-electron chi connectivity index (χ2n) is 3.74. The van der Waals surface area contributed by atoms with Gasteiger partial charge in [-0.05, 0) is 23.8 Å². The molecule has 0 fully saturated rings. The fourth-order valence-corrected chi connectivity index (χ4v) is 2.87. The monoisotopic (exact) mass is 244 g/mol. The van der Waals surface area contributed by atoms with Gasteiger partial charge in [0.2, 0.25) is 6.41 Å². The number of anilines is 2. The molecule has 0 atom stereocenters. The Morgan fingerprint density at radius 1 is 1.24 bits per heavy atom. The van der Waals surface area contributed by atoms with Crippen LogP contribution in [0.15, 0.2) is 23.6 Å². The van der Waals surface area contributed by atoms with Gasteiger partial charge in [0.1, 0.15) is 0 Å². The van der Waals surface area contributed by atoms with Crippen LogP contribution in [0.2, 0.25) is 0 Å². The maximum Gasteiger partial charge on any atom is 0.211 e. The van der Waals surface area contributed by atoms with Crippen LogP contribution in [0.5, 0.6) is 0 Å². The van der Waals surface area contributed by atoms with Crippen molar-refractivity contribution in [2.24, 2.45) is 0 Å². The molecule has 17 heavy (non-hydrogen) atoms. The minimum Gasteiger partial charge on any atom is -0.390 e. The standard InChI is InChI=1S/C12H8N2O2S/c13-12-10-9(4-17-12)8-3-6(14-5-15)1-2-7(8)11(10)16/h1-5H,13H2,(H,14,15).